The second-order valence-electron chi connectivity index (χ2n) is 7.30. The number of methoxy groups -OCH3 is 1. The lowest BCUT2D eigenvalue weighted by Gasteiger charge is -2.28. The maximum atomic E-state index is 5.30. The molecule has 0 radical (unpaired) electrons. The molecule has 0 amide bonds. The number of likely N-dealkylation sites (N-methyl/N-ethyl adjacent to an activating group) is 1. The van der Waals surface area contributed by atoms with Crippen LogP contribution in [0.15, 0.2) is 70.9 Å². The molecule has 1 unspecified atom stereocenters. The third-order valence-corrected chi connectivity index (χ3v) is 6.35. The molecule has 0 fully saturated rings. The lowest BCUT2D eigenvalue weighted by Crippen LogP contribution is -2.36. The van der Waals surface area contributed by atoms with Crippen molar-refractivity contribution >= 4 is 17.5 Å². The highest BCUT2D eigenvalue weighted by Crippen LogP contribution is 2.34. The number of benzene rings is 2. The van der Waals surface area contributed by atoms with Gasteiger partial charge in [-0.2, -0.15) is 14.9 Å². The summed E-state index contributed by atoms with van der Waals surface area (Å²) in [7, 11) is 5.73. The number of ether oxygens (including phenoxy) is 1. The number of H-pyrrole nitrogens is 1. The highest BCUT2D eigenvalue weighted by atomic mass is 32.2. The number of hydrogen-bond donors (Lipinski definition) is 1. The van der Waals surface area contributed by atoms with E-state index in [-0.39, 0.29) is 5.37 Å². The lowest BCUT2D eigenvalue weighted by atomic mass is 10.1. The second kappa shape index (κ2) is 8.01. The molecule has 2 aromatic heterocycles. The molecule has 1 aliphatic rings. The monoisotopic (exact) mass is 431 g/mol. The summed E-state index contributed by atoms with van der Waals surface area (Å²) in [5, 5.41) is 22.0. The number of rotatable bonds is 5. The zero-order valence-electron chi connectivity index (χ0n) is 17.4. The molecule has 4 aromatic rings. The minimum Gasteiger partial charge on any atom is -0.497 e. The Morgan fingerprint density at radius 1 is 1.00 bits per heavy atom. The Morgan fingerprint density at radius 3 is 2.48 bits per heavy atom. The van der Waals surface area contributed by atoms with Crippen molar-refractivity contribution in [2.45, 2.75) is 10.5 Å². The van der Waals surface area contributed by atoms with Gasteiger partial charge >= 0.3 is 0 Å². The summed E-state index contributed by atoms with van der Waals surface area (Å²) in [4.78, 5) is 2.12. The summed E-state index contributed by atoms with van der Waals surface area (Å²) >= 11 is 1.62. The van der Waals surface area contributed by atoms with E-state index in [1.807, 2.05) is 74.8 Å². The van der Waals surface area contributed by atoms with Crippen LogP contribution in [0.5, 0.6) is 5.75 Å². The number of nitrogens with zero attached hydrogens (tertiary/aromatic N) is 6. The van der Waals surface area contributed by atoms with Crippen LogP contribution in [0.3, 0.4) is 0 Å². The zero-order valence-corrected chi connectivity index (χ0v) is 18.2. The summed E-state index contributed by atoms with van der Waals surface area (Å²) in [6, 6.07) is 19.9. The Hall–Kier alpha value is -3.43. The molecule has 31 heavy (non-hydrogen) atoms. The third-order valence-electron chi connectivity index (χ3n) is 5.01. The normalized spacial score (nSPS) is 15.6. The molecule has 0 saturated carbocycles. The molecule has 0 saturated heterocycles. The van der Waals surface area contributed by atoms with Gasteiger partial charge in [0.15, 0.2) is 0 Å². The fourth-order valence-corrected chi connectivity index (χ4v) is 4.44. The van der Waals surface area contributed by atoms with E-state index in [2.05, 4.69) is 25.3 Å². The molecule has 3 heterocycles. The number of aromatic amines is 1. The van der Waals surface area contributed by atoms with Crippen molar-refractivity contribution in [1.82, 2.24) is 30.0 Å². The maximum absolute atomic E-state index is 5.30. The fourth-order valence-electron chi connectivity index (χ4n) is 3.41. The largest absolute Gasteiger partial charge is 0.497 e. The van der Waals surface area contributed by atoms with E-state index in [4.69, 9.17) is 9.84 Å². The van der Waals surface area contributed by atoms with Crippen molar-refractivity contribution in [2.75, 3.05) is 21.2 Å². The molecule has 0 spiro atoms. The predicted molar refractivity (Wildman–Crippen MR) is 121 cm³/mol. The van der Waals surface area contributed by atoms with Crippen LogP contribution in [0.4, 0.5) is 0 Å². The van der Waals surface area contributed by atoms with Gasteiger partial charge in [0.05, 0.1) is 18.5 Å². The van der Waals surface area contributed by atoms with Crippen LogP contribution in [-0.4, -0.2) is 62.3 Å². The molecule has 0 bridgehead atoms. The van der Waals surface area contributed by atoms with Crippen LogP contribution < -0.4 is 4.74 Å². The minimum absolute atomic E-state index is 0.0135. The van der Waals surface area contributed by atoms with Crippen LogP contribution in [0.25, 0.3) is 22.8 Å². The molecule has 8 nitrogen and oxygen atoms in total. The van der Waals surface area contributed by atoms with E-state index >= 15 is 0 Å². The standard InChI is InChI=1S/C22H21N7OS/c1-28(2)21-19(15-9-11-16(30-3)12-10-15)27-29-20(25-26-22(29)31-21)18-13-17(23-24-18)14-7-5-4-6-8-14/h4-13,21H,1-3H3,(H,23,24). The highest BCUT2D eigenvalue weighted by molar-refractivity contribution is 8.00. The number of thioether (sulfide) groups is 1. The SMILES string of the molecule is COc1ccc(C2=Nn3c(nnc3-c3cc(-c4ccccc4)n[nH]3)SC2N(C)C)cc1. The fraction of sp³-hybridized carbons (Fsp3) is 0.182. The minimum atomic E-state index is 0.0135. The molecule has 1 aliphatic heterocycles. The number of aromatic nitrogens is 5. The first-order chi connectivity index (χ1) is 15.1. The smallest absolute Gasteiger partial charge is 0.214 e. The Morgan fingerprint density at radius 2 is 1.77 bits per heavy atom. The van der Waals surface area contributed by atoms with Crippen molar-refractivity contribution in [3.8, 4) is 28.5 Å². The predicted octanol–water partition coefficient (Wildman–Crippen LogP) is 3.59. The van der Waals surface area contributed by atoms with Gasteiger partial charge in [-0.05, 0) is 44.4 Å². The maximum Gasteiger partial charge on any atom is 0.214 e. The first-order valence-corrected chi connectivity index (χ1v) is 10.6. The van der Waals surface area contributed by atoms with Crippen molar-refractivity contribution < 1.29 is 4.74 Å². The quantitative estimate of drug-likeness (QED) is 0.520. The molecule has 2 aromatic carbocycles. The molecule has 5 rings (SSSR count). The molecule has 156 valence electrons. The van der Waals surface area contributed by atoms with Crippen molar-refractivity contribution in [2.24, 2.45) is 5.10 Å². The van der Waals surface area contributed by atoms with Gasteiger partial charge in [-0.25, -0.2) is 0 Å². The Labute approximate surface area is 184 Å². The van der Waals surface area contributed by atoms with Crippen molar-refractivity contribution in [1.29, 1.82) is 0 Å². The first-order valence-electron chi connectivity index (χ1n) is 9.77. The second-order valence-corrected chi connectivity index (χ2v) is 8.35. The van der Waals surface area contributed by atoms with Gasteiger partial charge < -0.3 is 4.74 Å². The number of nitrogens with one attached hydrogen (secondary N) is 1. The Balaban J connectivity index is 1.56. The Kier molecular flexibility index (Phi) is 5.05. The van der Waals surface area contributed by atoms with E-state index in [0.717, 1.165) is 39.1 Å². The van der Waals surface area contributed by atoms with Gasteiger partial charge in [-0.3, -0.25) is 10.00 Å². The van der Waals surface area contributed by atoms with Gasteiger partial charge in [-0.1, -0.05) is 42.1 Å². The van der Waals surface area contributed by atoms with E-state index in [0.29, 0.717) is 5.82 Å². The van der Waals surface area contributed by atoms with Gasteiger partial charge in [0.25, 0.3) is 0 Å². The van der Waals surface area contributed by atoms with Crippen LogP contribution >= 0.6 is 11.8 Å². The summed E-state index contributed by atoms with van der Waals surface area (Å²) < 4.78 is 7.08. The van der Waals surface area contributed by atoms with Crippen molar-refractivity contribution in [3.05, 3.63) is 66.2 Å². The van der Waals surface area contributed by atoms with Gasteiger partial charge in [0.1, 0.15) is 16.8 Å². The van der Waals surface area contributed by atoms with E-state index in [1.165, 1.54) is 0 Å². The van der Waals surface area contributed by atoms with Gasteiger partial charge in [-0.15, -0.1) is 10.2 Å². The van der Waals surface area contributed by atoms with E-state index in [1.54, 1.807) is 23.5 Å². The summed E-state index contributed by atoms with van der Waals surface area (Å²) in [6.07, 6.45) is 0. The molecule has 1 atom stereocenters. The third kappa shape index (κ3) is 3.62. The topological polar surface area (TPSA) is 84.2 Å². The lowest BCUT2D eigenvalue weighted by molar-refractivity contribution is 0.414. The average Bonchev–Trinajstić information content (AvgIpc) is 3.45. The number of hydrogen-bond acceptors (Lipinski definition) is 7. The van der Waals surface area contributed by atoms with Gasteiger partial charge in [0.2, 0.25) is 11.0 Å². The van der Waals surface area contributed by atoms with Crippen LogP contribution in [0, 0.1) is 0 Å². The summed E-state index contributed by atoms with van der Waals surface area (Å²) in [5.74, 6) is 1.44. The summed E-state index contributed by atoms with van der Waals surface area (Å²) in [5.41, 5.74) is 4.59. The first kappa shape index (κ1) is 19.5. The summed E-state index contributed by atoms with van der Waals surface area (Å²) in [6.45, 7) is 0. The molecular formula is C22H21N7OS. The Bertz CT molecular complexity index is 1230. The zero-order chi connectivity index (χ0) is 21.4. The number of fused-ring (bicyclic) bond motifs is 1. The van der Waals surface area contributed by atoms with E-state index < -0.39 is 0 Å². The van der Waals surface area contributed by atoms with E-state index in [9.17, 15) is 0 Å². The molecule has 0 aliphatic carbocycles. The molecule has 1 N–H and O–H groups in total. The highest BCUT2D eigenvalue weighted by Gasteiger charge is 2.31. The van der Waals surface area contributed by atoms with Crippen LogP contribution in [0.2, 0.25) is 0 Å². The van der Waals surface area contributed by atoms with Gasteiger partial charge in [0, 0.05) is 11.1 Å². The van der Waals surface area contributed by atoms with Crippen LogP contribution in [-0.2, 0) is 0 Å². The average molecular weight is 432 g/mol. The van der Waals surface area contributed by atoms with Crippen molar-refractivity contribution in [3.63, 3.8) is 0 Å². The van der Waals surface area contributed by atoms with Crippen LogP contribution in [0.1, 0.15) is 5.56 Å². The molecular weight excluding hydrogens is 410 g/mol. The molecule has 9 heteroatoms.